The molecule has 0 radical (unpaired) electrons. The Kier molecular flexibility index (Phi) is 4.71. The molecule has 2 aromatic heterocycles. The van der Waals surface area contributed by atoms with E-state index in [1.165, 1.54) is 12.1 Å². The van der Waals surface area contributed by atoms with Gasteiger partial charge in [0.05, 0.1) is 5.56 Å². The number of nitrogens with zero attached hydrogens (tertiary/aromatic N) is 3. The topological polar surface area (TPSA) is 59.8 Å². The van der Waals surface area contributed by atoms with Crippen molar-refractivity contribution in [2.75, 3.05) is 6.54 Å². The average molecular weight is 364 g/mol. The van der Waals surface area contributed by atoms with Gasteiger partial charge in [-0.3, -0.25) is 4.79 Å². The molecule has 1 aromatic carbocycles. The van der Waals surface area contributed by atoms with Crippen LogP contribution >= 0.6 is 0 Å². The van der Waals surface area contributed by atoms with Gasteiger partial charge in [-0.15, -0.1) is 0 Å². The number of rotatable bonds is 5. The molecule has 1 N–H and O–H groups in total. The highest BCUT2D eigenvalue weighted by molar-refractivity contribution is 5.94. The van der Waals surface area contributed by atoms with Crippen molar-refractivity contribution in [3.8, 4) is 5.82 Å². The smallest absolute Gasteiger partial charge is 0.252 e. The standard InChI is InChI=1S/C21H21FN4O/c22-18-7-5-17(6-8-18)21(10-1-2-11-21)15-24-20(27)16-4-9-19(23-14-16)26-13-3-12-25-26/h3-9,12-14H,1-2,10-11,15H2,(H,24,27). The summed E-state index contributed by atoms with van der Waals surface area (Å²) in [7, 11) is 0. The molecular weight excluding hydrogens is 343 g/mol. The third-order valence-electron chi connectivity index (χ3n) is 5.35. The first kappa shape index (κ1) is 17.4. The minimum absolute atomic E-state index is 0.119. The van der Waals surface area contributed by atoms with E-state index in [4.69, 9.17) is 0 Å². The first-order chi connectivity index (χ1) is 13.2. The number of halogens is 1. The lowest BCUT2D eigenvalue weighted by Crippen LogP contribution is -2.39. The van der Waals surface area contributed by atoms with E-state index >= 15 is 0 Å². The second-order valence-corrected chi connectivity index (χ2v) is 7.03. The highest BCUT2D eigenvalue weighted by atomic mass is 19.1. The van der Waals surface area contributed by atoms with Crippen molar-refractivity contribution in [2.45, 2.75) is 31.1 Å². The highest BCUT2D eigenvalue weighted by Gasteiger charge is 2.36. The Balaban J connectivity index is 1.46. The van der Waals surface area contributed by atoms with Crippen LogP contribution in [0.25, 0.3) is 5.82 Å². The Labute approximate surface area is 157 Å². The molecule has 1 fully saturated rings. The molecule has 4 rings (SSSR count). The van der Waals surface area contributed by atoms with Crippen LogP contribution in [0.3, 0.4) is 0 Å². The van der Waals surface area contributed by atoms with Gasteiger partial charge < -0.3 is 5.32 Å². The summed E-state index contributed by atoms with van der Waals surface area (Å²) < 4.78 is 14.9. The molecule has 5 nitrogen and oxygen atoms in total. The zero-order chi connectivity index (χ0) is 18.7. The Morgan fingerprint density at radius 1 is 1.15 bits per heavy atom. The molecule has 0 saturated heterocycles. The van der Waals surface area contributed by atoms with Gasteiger partial charge in [-0.05, 0) is 48.7 Å². The summed E-state index contributed by atoms with van der Waals surface area (Å²) in [6.45, 7) is 0.540. The summed E-state index contributed by atoms with van der Waals surface area (Å²) in [5, 5.41) is 7.18. The van der Waals surface area contributed by atoms with Crippen LogP contribution in [0.1, 0.15) is 41.6 Å². The van der Waals surface area contributed by atoms with E-state index in [9.17, 15) is 9.18 Å². The van der Waals surface area contributed by atoms with Crippen LogP contribution < -0.4 is 5.32 Å². The Morgan fingerprint density at radius 2 is 1.93 bits per heavy atom. The predicted molar refractivity (Wildman–Crippen MR) is 100 cm³/mol. The molecule has 138 valence electrons. The summed E-state index contributed by atoms with van der Waals surface area (Å²) >= 11 is 0. The van der Waals surface area contributed by atoms with Crippen LogP contribution in [0.2, 0.25) is 0 Å². The molecular formula is C21H21FN4O. The quantitative estimate of drug-likeness (QED) is 0.752. The lowest BCUT2D eigenvalue weighted by Gasteiger charge is -2.30. The van der Waals surface area contributed by atoms with Gasteiger partial charge in [-0.2, -0.15) is 5.10 Å². The van der Waals surface area contributed by atoms with E-state index in [1.54, 1.807) is 35.4 Å². The molecule has 1 aliphatic carbocycles. The number of hydrogen-bond donors (Lipinski definition) is 1. The number of hydrogen-bond acceptors (Lipinski definition) is 3. The predicted octanol–water partition coefficient (Wildman–Crippen LogP) is 3.65. The first-order valence-electron chi connectivity index (χ1n) is 9.17. The van der Waals surface area contributed by atoms with Gasteiger partial charge in [0.15, 0.2) is 5.82 Å². The number of benzene rings is 1. The van der Waals surface area contributed by atoms with Gasteiger partial charge >= 0.3 is 0 Å². The van der Waals surface area contributed by atoms with Crippen molar-refractivity contribution in [3.05, 3.63) is 78.0 Å². The molecule has 2 heterocycles. The third kappa shape index (κ3) is 3.60. The molecule has 3 aromatic rings. The lowest BCUT2D eigenvalue weighted by molar-refractivity contribution is 0.0942. The minimum atomic E-state index is -0.237. The fraction of sp³-hybridized carbons (Fsp3) is 0.286. The van der Waals surface area contributed by atoms with Crippen molar-refractivity contribution in [1.82, 2.24) is 20.1 Å². The van der Waals surface area contributed by atoms with Crippen molar-refractivity contribution >= 4 is 5.91 Å². The summed E-state index contributed by atoms with van der Waals surface area (Å²) in [4.78, 5) is 16.9. The lowest BCUT2D eigenvalue weighted by atomic mass is 9.78. The van der Waals surface area contributed by atoms with E-state index in [2.05, 4.69) is 15.4 Å². The summed E-state index contributed by atoms with van der Waals surface area (Å²) in [5.41, 5.74) is 1.48. The van der Waals surface area contributed by atoms with Crippen molar-refractivity contribution in [3.63, 3.8) is 0 Å². The molecule has 0 aliphatic heterocycles. The largest absolute Gasteiger partial charge is 0.351 e. The van der Waals surface area contributed by atoms with Gasteiger partial charge in [0.1, 0.15) is 5.82 Å². The molecule has 1 amide bonds. The number of carbonyl (C=O) groups excluding carboxylic acids is 1. The number of nitrogens with one attached hydrogen (secondary N) is 1. The second-order valence-electron chi connectivity index (χ2n) is 7.03. The number of aromatic nitrogens is 3. The van der Waals surface area contributed by atoms with Gasteiger partial charge in [0.2, 0.25) is 0 Å². The minimum Gasteiger partial charge on any atom is -0.351 e. The maximum atomic E-state index is 13.3. The van der Waals surface area contributed by atoms with E-state index < -0.39 is 0 Å². The third-order valence-corrected chi connectivity index (χ3v) is 5.35. The maximum absolute atomic E-state index is 13.3. The van der Waals surface area contributed by atoms with Crippen LogP contribution in [-0.2, 0) is 5.41 Å². The van der Waals surface area contributed by atoms with Crippen molar-refractivity contribution in [1.29, 1.82) is 0 Å². The monoisotopic (exact) mass is 364 g/mol. The second kappa shape index (κ2) is 7.31. The van der Waals surface area contributed by atoms with E-state index in [0.29, 0.717) is 17.9 Å². The molecule has 0 spiro atoms. The SMILES string of the molecule is O=C(NCC1(c2ccc(F)cc2)CCCC1)c1ccc(-n2cccn2)nc1. The Bertz CT molecular complexity index is 898. The fourth-order valence-electron chi connectivity index (χ4n) is 3.83. The van der Waals surface area contributed by atoms with E-state index in [1.807, 2.05) is 18.2 Å². The van der Waals surface area contributed by atoms with Crippen molar-refractivity contribution < 1.29 is 9.18 Å². The normalized spacial score (nSPS) is 15.6. The van der Waals surface area contributed by atoms with E-state index in [0.717, 1.165) is 31.2 Å². The van der Waals surface area contributed by atoms with E-state index in [-0.39, 0.29) is 17.1 Å². The van der Waals surface area contributed by atoms with Gasteiger partial charge in [-0.25, -0.2) is 14.1 Å². The van der Waals surface area contributed by atoms with Crippen LogP contribution in [0, 0.1) is 5.82 Å². The first-order valence-corrected chi connectivity index (χ1v) is 9.17. The number of carbonyl (C=O) groups is 1. The van der Waals surface area contributed by atoms with Gasteiger partial charge in [0.25, 0.3) is 5.91 Å². The summed E-state index contributed by atoms with van der Waals surface area (Å²) in [6, 6.07) is 12.0. The van der Waals surface area contributed by atoms with Crippen LogP contribution in [0.5, 0.6) is 0 Å². The molecule has 1 aliphatic rings. The zero-order valence-corrected chi connectivity index (χ0v) is 14.9. The summed E-state index contributed by atoms with van der Waals surface area (Å²) in [5.74, 6) is 0.275. The maximum Gasteiger partial charge on any atom is 0.252 e. The highest BCUT2D eigenvalue weighted by Crippen LogP contribution is 2.40. The molecule has 27 heavy (non-hydrogen) atoms. The van der Waals surface area contributed by atoms with Crippen LogP contribution in [-0.4, -0.2) is 27.2 Å². The Morgan fingerprint density at radius 3 is 2.56 bits per heavy atom. The fourth-order valence-corrected chi connectivity index (χ4v) is 3.83. The van der Waals surface area contributed by atoms with Crippen molar-refractivity contribution in [2.24, 2.45) is 0 Å². The van der Waals surface area contributed by atoms with Gasteiger partial charge in [-0.1, -0.05) is 25.0 Å². The van der Waals surface area contributed by atoms with Gasteiger partial charge in [0, 0.05) is 30.6 Å². The molecule has 1 saturated carbocycles. The molecule has 0 atom stereocenters. The average Bonchev–Trinajstić information content (AvgIpc) is 3.40. The number of pyridine rings is 1. The van der Waals surface area contributed by atoms with Crippen LogP contribution in [0.15, 0.2) is 61.1 Å². The molecule has 6 heteroatoms. The zero-order valence-electron chi connectivity index (χ0n) is 14.9. The Hall–Kier alpha value is -3.02. The van der Waals surface area contributed by atoms with Crippen LogP contribution in [0.4, 0.5) is 4.39 Å². The number of amides is 1. The molecule has 0 bridgehead atoms. The summed E-state index contributed by atoms with van der Waals surface area (Å²) in [6.07, 6.45) is 9.27. The molecule has 0 unspecified atom stereocenters.